The van der Waals surface area contributed by atoms with Crippen LogP contribution in [-0.4, -0.2) is 48.8 Å². The molecule has 0 radical (unpaired) electrons. The topological polar surface area (TPSA) is 112 Å². The summed E-state index contributed by atoms with van der Waals surface area (Å²) >= 11 is 0. The lowest BCUT2D eigenvalue weighted by atomic mass is 9.74. The molecule has 10 heteroatoms. The van der Waals surface area contributed by atoms with Crippen LogP contribution in [0.15, 0.2) is 316 Å². The molecule has 6 aromatic heterocycles. The molecule has 0 N–H and O–H groups in total. The van der Waals surface area contributed by atoms with Crippen LogP contribution >= 0.6 is 0 Å². The number of para-hydroxylation sites is 4. The Morgan fingerprint density at radius 1 is 0.255 bits per heavy atom. The van der Waals surface area contributed by atoms with Crippen molar-refractivity contribution in [1.82, 2.24) is 48.8 Å². The highest BCUT2D eigenvalue weighted by Gasteiger charge is 2.31. The zero-order chi connectivity index (χ0) is 72.5. The Morgan fingerprint density at radius 3 is 1.25 bits per heavy atom. The van der Waals surface area contributed by atoms with Crippen LogP contribution < -0.4 is 0 Å². The van der Waals surface area contributed by atoms with Crippen LogP contribution in [0.3, 0.4) is 0 Å². The first-order valence-electron chi connectivity index (χ1n) is 36.9. The number of hydrogen-bond donors (Lipinski definition) is 0. The van der Waals surface area contributed by atoms with Gasteiger partial charge in [0.15, 0.2) is 0 Å². The minimum Gasteiger partial charge on any atom is -0.278 e. The zero-order valence-electron chi connectivity index (χ0n) is 60.5. The molecule has 0 bridgehead atoms. The highest BCUT2D eigenvalue weighted by molar-refractivity contribution is 6.28. The van der Waals surface area contributed by atoms with Gasteiger partial charge >= 0.3 is 0 Å². The Hall–Kier alpha value is -13.7. The molecule has 0 fully saturated rings. The Bertz CT molecular complexity index is 7110. The Morgan fingerprint density at radius 2 is 0.676 bits per heavy atom. The van der Waals surface area contributed by atoms with E-state index in [0.717, 1.165) is 94.7 Å². The summed E-state index contributed by atoms with van der Waals surface area (Å²) in [6, 6.07) is 95.9. The van der Waals surface area contributed by atoms with Gasteiger partial charge in [0.05, 0.1) is 33.1 Å². The molecule has 0 spiro atoms. The number of hydrogen-bond acceptors (Lipinski definition) is 8. The molecule has 0 saturated carbocycles. The molecule has 0 atom stereocenters. The fraction of sp³-hybridized carbons (Fsp3) is 0.0217. The molecule has 0 saturated heterocycles. The van der Waals surface area contributed by atoms with E-state index in [0.29, 0.717) is 92.9 Å². The molecule has 0 aliphatic rings. The third-order valence-corrected chi connectivity index (χ3v) is 20.0. The van der Waals surface area contributed by atoms with Crippen LogP contribution in [0.25, 0.3) is 199 Å². The molecule has 10 nitrogen and oxygen atoms in total. The van der Waals surface area contributed by atoms with Crippen LogP contribution in [0.1, 0.15) is 19.4 Å². The van der Waals surface area contributed by atoms with Crippen molar-refractivity contribution in [2.24, 2.45) is 0 Å². The van der Waals surface area contributed by atoms with Gasteiger partial charge in [-0.15, -0.1) is 0 Å². The summed E-state index contributed by atoms with van der Waals surface area (Å²) in [5.74, 6) is 0.780. The highest BCUT2D eigenvalue weighted by atomic mass is 15.2. The monoisotopic (exact) mass is 1310 g/mol. The highest BCUT2D eigenvalue weighted by Crippen LogP contribution is 2.57. The van der Waals surface area contributed by atoms with E-state index in [-0.39, 0.29) is 22.3 Å². The number of aryl methyl sites for hydroxylation is 2. The summed E-state index contributed by atoms with van der Waals surface area (Å²) in [5, 5.41) is 4.67. The van der Waals surface area contributed by atoms with Gasteiger partial charge in [-0.1, -0.05) is 224 Å². The Labute approximate surface area is 593 Å². The molecule has 0 unspecified atom stereocenters. The summed E-state index contributed by atoms with van der Waals surface area (Å²) in [6.45, 7) is -5.58. The van der Waals surface area contributed by atoms with E-state index in [4.69, 9.17) is 39.9 Å². The maximum atomic E-state index is 9.74. The van der Waals surface area contributed by atoms with Crippen LogP contribution in [-0.2, 0) is 0 Å². The number of pyridine rings is 1. The second-order valence-corrected chi connectivity index (χ2v) is 25.6. The standard InChI is InChI=1S/C92H58N10/c1-55-44-45-62(53-69(55)70-54-72-65-36-16-18-38-67(65)86-85(66-37-17-15-35-64(66)71(72)51-56(70)2)100-91-89-87(95-49-50-97-89)83-68(39-24-46-93-83)84-88(90(91)99-86)96-48-47-94-84)82-79(59-29-11-5-12-30-59)77(57-25-7-3-8-26-57)81(78(58-27-9-4-10-28-58)80(82)60-31-13-6-14-32-60)61-33-23-34-63(52-61)101-75-42-21-22-43-76(75)102-74-41-20-19-40-73(74)98-92(101)102/h3-54H,1-2H3/i1D3,2D3. The largest absolute Gasteiger partial charge is 0.278 e. The second-order valence-electron chi connectivity index (χ2n) is 25.6. The number of fused-ring (bicyclic) bond motifs is 21. The molecular formula is C92H58N10. The maximum absolute atomic E-state index is 9.74. The molecule has 20 aromatic rings. The van der Waals surface area contributed by atoms with Crippen molar-refractivity contribution in [2.45, 2.75) is 13.7 Å². The van der Waals surface area contributed by atoms with E-state index in [1.165, 1.54) is 0 Å². The second kappa shape index (κ2) is 23.5. The van der Waals surface area contributed by atoms with Crippen molar-refractivity contribution in [1.29, 1.82) is 0 Å². The van der Waals surface area contributed by atoms with Crippen molar-refractivity contribution in [3.63, 3.8) is 0 Å². The van der Waals surface area contributed by atoms with Gasteiger partial charge in [-0.25, -0.2) is 15.0 Å². The van der Waals surface area contributed by atoms with Crippen LogP contribution in [0.2, 0.25) is 0 Å². The fourth-order valence-corrected chi connectivity index (χ4v) is 15.7. The molecule has 476 valence electrons. The van der Waals surface area contributed by atoms with Gasteiger partial charge in [-0.3, -0.25) is 33.9 Å². The molecular weight excluding hydrogens is 1250 g/mol. The average Bonchev–Trinajstić information content (AvgIpc) is 1.11. The quantitative estimate of drug-likeness (QED) is 0.148. The molecule has 6 heterocycles. The number of nitrogens with zero attached hydrogens (tertiary/aromatic N) is 10. The van der Waals surface area contributed by atoms with Gasteiger partial charge in [0, 0.05) is 61.1 Å². The summed E-state index contributed by atoms with van der Waals surface area (Å²) in [7, 11) is 0. The zero-order valence-corrected chi connectivity index (χ0v) is 54.5. The first-order chi connectivity index (χ1) is 52.9. The molecule has 14 aromatic carbocycles. The van der Waals surface area contributed by atoms with E-state index in [9.17, 15) is 8.22 Å². The minimum atomic E-state index is -2.82. The lowest BCUT2D eigenvalue weighted by Crippen LogP contribution is -2.03. The first kappa shape index (κ1) is 52.4. The predicted molar refractivity (Wildman–Crippen MR) is 419 cm³/mol. The van der Waals surface area contributed by atoms with Gasteiger partial charge < -0.3 is 0 Å². The van der Waals surface area contributed by atoms with E-state index >= 15 is 0 Å². The minimum absolute atomic E-state index is 0.0227. The van der Waals surface area contributed by atoms with E-state index in [1.54, 1.807) is 43.1 Å². The third-order valence-electron chi connectivity index (χ3n) is 20.0. The number of aromatic nitrogens is 10. The third kappa shape index (κ3) is 9.13. The molecule has 0 aliphatic carbocycles. The van der Waals surface area contributed by atoms with Crippen molar-refractivity contribution in [3.05, 3.63) is 327 Å². The summed E-state index contributed by atoms with van der Waals surface area (Å²) in [6.07, 6.45) is 8.26. The normalized spacial score (nSPS) is 12.9. The van der Waals surface area contributed by atoms with Gasteiger partial charge in [-0.2, -0.15) is 0 Å². The van der Waals surface area contributed by atoms with Crippen LogP contribution in [0.5, 0.6) is 0 Å². The van der Waals surface area contributed by atoms with E-state index in [1.807, 2.05) is 109 Å². The van der Waals surface area contributed by atoms with Crippen LogP contribution in [0.4, 0.5) is 0 Å². The summed E-state index contributed by atoms with van der Waals surface area (Å²) < 4.78 is 62.4. The predicted octanol–water partition coefficient (Wildman–Crippen LogP) is 22.8. The smallest absolute Gasteiger partial charge is 0.220 e. The number of benzene rings is 12. The summed E-state index contributed by atoms with van der Waals surface area (Å²) in [5.41, 5.74) is 20.2. The molecule has 0 aliphatic heterocycles. The molecule has 102 heavy (non-hydrogen) atoms. The Kier molecular flexibility index (Phi) is 12.1. The van der Waals surface area contributed by atoms with Gasteiger partial charge in [0.1, 0.15) is 38.6 Å². The molecule has 20 rings (SSSR count). The number of imidazole rings is 2. The number of rotatable bonds is 8. The van der Waals surface area contributed by atoms with E-state index < -0.39 is 13.7 Å². The average molecular weight is 1310 g/mol. The van der Waals surface area contributed by atoms with Gasteiger partial charge in [0.2, 0.25) is 5.78 Å². The van der Waals surface area contributed by atoms with Crippen molar-refractivity contribution in [2.75, 3.05) is 0 Å². The molecule has 0 amide bonds. The van der Waals surface area contributed by atoms with Gasteiger partial charge in [0.25, 0.3) is 0 Å². The SMILES string of the molecule is [2H]C([2H])([2H])c1ccc(-c2c(-c3ccccc3)c(-c3ccccc3)c(-c3cccc(-n4c5ccccc5n5c6ccccc6nc45)c3)c(-c3ccccc3)c2-c2ccccc2)cc1-c1cc2c(cc1C([2H])([2H])[2H])c1ccccc1c1nc3c4nccnc4c4ncccc4c4nccnc4c3nc1c1ccccc21. The fourth-order valence-electron chi connectivity index (χ4n) is 15.7. The Balaban J connectivity index is 0.925. The van der Waals surface area contributed by atoms with Crippen molar-refractivity contribution in [3.8, 4) is 83.6 Å². The first-order valence-corrected chi connectivity index (χ1v) is 33.9. The van der Waals surface area contributed by atoms with E-state index in [2.05, 4.69) is 173 Å². The van der Waals surface area contributed by atoms with Gasteiger partial charge in [-0.05, 0) is 185 Å². The maximum Gasteiger partial charge on any atom is 0.220 e. The lowest BCUT2D eigenvalue weighted by molar-refractivity contribution is 1.11. The van der Waals surface area contributed by atoms with Crippen LogP contribution in [0, 0.1) is 13.7 Å². The lowest BCUT2D eigenvalue weighted by Gasteiger charge is -2.29. The van der Waals surface area contributed by atoms with Crippen molar-refractivity contribution < 1.29 is 8.22 Å². The summed E-state index contributed by atoms with van der Waals surface area (Å²) in [4.78, 5) is 41.2. The van der Waals surface area contributed by atoms with Crippen molar-refractivity contribution >= 4 is 115 Å².